The van der Waals surface area contributed by atoms with Gasteiger partial charge < -0.3 is 10.5 Å². The lowest BCUT2D eigenvalue weighted by molar-refractivity contribution is 0.453. The van der Waals surface area contributed by atoms with Gasteiger partial charge in [-0.1, -0.05) is 11.6 Å². The number of ether oxygens (including phenoxy) is 1. The number of anilines is 1. The average Bonchev–Trinajstić information content (AvgIpc) is 2.22. The van der Waals surface area contributed by atoms with Gasteiger partial charge in [0.25, 0.3) is 0 Å². The standard InChI is InChI=1S/C13H14ClN3O/c1-7-4-10(14)5-8(2)13(7)18-12-6-11(15)16-9(3)17-12/h4-6H,1-3H3,(H2,15,16,17). The molecule has 0 unspecified atom stereocenters. The predicted molar refractivity (Wildman–Crippen MR) is 72.2 cm³/mol. The van der Waals surface area contributed by atoms with Crippen molar-refractivity contribution >= 4 is 17.4 Å². The van der Waals surface area contributed by atoms with Crippen molar-refractivity contribution in [2.75, 3.05) is 5.73 Å². The Morgan fingerprint density at radius 1 is 1.06 bits per heavy atom. The normalized spacial score (nSPS) is 10.4. The summed E-state index contributed by atoms with van der Waals surface area (Å²) >= 11 is 5.97. The molecule has 94 valence electrons. The number of rotatable bonds is 2. The topological polar surface area (TPSA) is 61.0 Å². The van der Waals surface area contributed by atoms with Crippen molar-refractivity contribution in [2.24, 2.45) is 0 Å². The zero-order valence-corrected chi connectivity index (χ0v) is 11.2. The Morgan fingerprint density at radius 2 is 1.67 bits per heavy atom. The summed E-state index contributed by atoms with van der Waals surface area (Å²) in [6.07, 6.45) is 0. The van der Waals surface area contributed by atoms with E-state index in [1.54, 1.807) is 13.0 Å². The van der Waals surface area contributed by atoms with Gasteiger partial charge in [0, 0.05) is 11.1 Å². The van der Waals surface area contributed by atoms with Gasteiger partial charge in [0.2, 0.25) is 5.88 Å². The van der Waals surface area contributed by atoms with Crippen LogP contribution in [0.25, 0.3) is 0 Å². The molecule has 1 heterocycles. The fraction of sp³-hybridized carbons (Fsp3) is 0.231. The third-order valence-corrected chi connectivity index (χ3v) is 2.68. The largest absolute Gasteiger partial charge is 0.438 e. The second-order valence-electron chi connectivity index (χ2n) is 4.15. The fourth-order valence-electron chi connectivity index (χ4n) is 1.78. The van der Waals surface area contributed by atoms with E-state index in [-0.39, 0.29) is 0 Å². The summed E-state index contributed by atoms with van der Waals surface area (Å²) in [7, 11) is 0. The molecule has 0 atom stereocenters. The lowest BCUT2D eigenvalue weighted by Crippen LogP contribution is -1.99. The zero-order chi connectivity index (χ0) is 13.3. The first-order valence-electron chi connectivity index (χ1n) is 5.51. The lowest BCUT2D eigenvalue weighted by Gasteiger charge is -2.12. The van der Waals surface area contributed by atoms with Crippen LogP contribution in [0, 0.1) is 20.8 Å². The molecule has 1 aromatic carbocycles. The Bertz CT molecular complexity index is 556. The van der Waals surface area contributed by atoms with Gasteiger partial charge in [-0.05, 0) is 44.0 Å². The maximum atomic E-state index is 5.97. The fourth-order valence-corrected chi connectivity index (χ4v) is 2.10. The highest BCUT2D eigenvalue weighted by Crippen LogP contribution is 2.30. The third kappa shape index (κ3) is 2.71. The molecule has 0 fully saturated rings. The van der Waals surface area contributed by atoms with Crippen LogP contribution in [0.2, 0.25) is 5.02 Å². The highest BCUT2D eigenvalue weighted by Gasteiger charge is 2.09. The van der Waals surface area contributed by atoms with Gasteiger partial charge in [0.15, 0.2) is 0 Å². The Labute approximate surface area is 111 Å². The molecule has 2 rings (SSSR count). The number of aryl methyl sites for hydroxylation is 3. The van der Waals surface area contributed by atoms with Crippen molar-refractivity contribution in [3.63, 3.8) is 0 Å². The SMILES string of the molecule is Cc1nc(N)cc(Oc2c(C)cc(Cl)cc2C)n1. The third-order valence-electron chi connectivity index (χ3n) is 2.47. The second kappa shape index (κ2) is 4.82. The van der Waals surface area contributed by atoms with Gasteiger partial charge in [-0.2, -0.15) is 4.98 Å². The van der Waals surface area contributed by atoms with Crippen molar-refractivity contribution in [3.05, 3.63) is 40.2 Å². The highest BCUT2D eigenvalue weighted by atomic mass is 35.5. The Hall–Kier alpha value is -1.81. The van der Waals surface area contributed by atoms with E-state index in [4.69, 9.17) is 22.1 Å². The van der Waals surface area contributed by atoms with Crippen LogP contribution in [-0.4, -0.2) is 9.97 Å². The molecule has 5 heteroatoms. The molecule has 0 saturated carbocycles. The number of hydrogen-bond acceptors (Lipinski definition) is 4. The maximum absolute atomic E-state index is 5.97. The monoisotopic (exact) mass is 263 g/mol. The minimum Gasteiger partial charge on any atom is -0.438 e. The molecular weight excluding hydrogens is 250 g/mol. The van der Waals surface area contributed by atoms with E-state index in [0.717, 1.165) is 16.9 Å². The Morgan fingerprint density at radius 3 is 2.22 bits per heavy atom. The summed E-state index contributed by atoms with van der Waals surface area (Å²) in [6.45, 7) is 5.64. The van der Waals surface area contributed by atoms with Crippen LogP contribution < -0.4 is 10.5 Å². The first-order chi connectivity index (χ1) is 8.45. The average molecular weight is 264 g/mol. The Balaban J connectivity index is 2.40. The van der Waals surface area contributed by atoms with Gasteiger partial charge in [-0.25, -0.2) is 4.98 Å². The molecule has 2 aromatic rings. The quantitative estimate of drug-likeness (QED) is 0.902. The van der Waals surface area contributed by atoms with Crippen LogP contribution in [0.1, 0.15) is 17.0 Å². The van der Waals surface area contributed by atoms with E-state index in [1.807, 2.05) is 26.0 Å². The lowest BCUT2D eigenvalue weighted by atomic mass is 10.1. The molecule has 18 heavy (non-hydrogen) atoms. The number of nitrogens with zero attached hydrogens (tertiary/aromatic N) is 2. The minimum absolute atomic E-state index is 0.391. The van der Waals surface area contributed by atoms with Gasteiger partial charge in [-0.3, -0.25) is 0 Å². The number of hydrogen-bond donors (Lipinski definition) is 1. The molecule has 4 nitrogen and oxygen atoms in total. The van der Waals surface area contributed by atoms with Gasteiger partial charge in [-0.15, -0.1) is 0 Å². The first-order valence-corrected chi connectivity index (χ1v) is 5.89. The van der Waals surface area contributed by atoms with Crippen molar-refractivity contribution in [2.45, 2.75) is 20.8 Å². The van der Waals surface area contributed by atoms with Gasteiger partial charge in [0.05, 0.1) is 0 Å². The molecule has 0 aliphatic heterocycles. The highest BCUT2D eigenvalue weighted by molar-refractivity contribution is 6.30. The molecule has 0 amide bonds. The molecule has 0 saturated heterocycles. The Kier molecular flexibility index (Phi) is 3.39. The molecule has 0 aliphatic carbocycles. The summed E-state index contributed by atoms with van der Waals surface area (Å²) in [4.78, 5) is 8.19. The minimum atomic E-state index is 0.391. The van der Waals surface area contributed by atoms with Crippen LogP contribution >= 0.6 is 11.6 Å². The zero-order valence-electron chi connectivity index (χ0n) is 10.5. The summed E-state index contributed by atoms with van der Waals surface area (Å²) in [6, 6.07) is 5.29. The molecule has 0 aliphatic rings. The maximum Gasteiger partial charge on any atom is 0.224 e. The van der Waals surface area contributed by atoms with Gasteiger partial charge >= 0.3 is 0 Å². The number of nitrogen functional groups attached to an aromatic ring is 1. The van der Waals surface area contributed by atoms with E-state index < -0.39 is 0 Å². The summed E-state index contributed by atoms with van der Waals surface area (Å²) in [5.74, 6) is 2.15. The van der Waals surface area contributed by atoms with Crippen LogP contribution in [0.3, 0.4) is 0 Å². The van der Waals surface area contributed by atoms with Gasteiger partial charge in [0.1, 0.15) is 17.4 Å². The molecule has 0 spiro atoms. The van der Waals surface area contributed by atoms with Crippen molar-refractivity contribution in [1.82, 2.24) is 9.97 Å². The summed E-state index contributed by atoms with van der Waals surface area (Å²) < 4.78 is 5.77. The van der Waals surface area contributed by atoms with E-state index in [2.05, 4.69) is 9.97 Å². The number of aromatic nitrogens is 2. The van der Waals surface area contributed by atoms with E-state index in [9.17, 15) is 0 Å². The van der Waals surface area contributed by atoms with Crippen molar-refractivity contribution in [1.29, 1.82) is 0 Å². The van der Waals surface area contributed by atoms with Crippen LogP contribution in [0.4, 0.5) is 5.82 Å². The van der Waals surface area contributed by atoms with Crippen molar-refractivity contribution < 1.29 is 4.74 Å². The smallest absolute Gasteiger partial charge is 0.224 e. The summed E-state index contributed by atoms with van der Waals surface area (Å²) in [5.41, 5.74) is 7.57. The van der Waals surface area contributed by atoms with Crippen LogP contribution in [0.15, 0.2) is 18.2 Å². The molecule has 0 bridgehead atoms. The number of halogens is 1. The molecular formula is C13H14ClN3O. The number of nitrogens with two attached hydrogens (primary N) is 1. The number of benzene rings is 1. The van der Waals surface area contributed by atoms with Crippen molar-refractivity contribution in [3.8, 4) is 11.6 Å². The van der Waals surface area contributed by atoms with Crippen LogP contribution in [0.5, 0.6) is 11.6 Å². The molecule has 1 aromatic heterocycles. The predicted octanol–water partition coefficient (Wildman–Crippen LogP) is 3.43. The van der Waals surface area contributed by atoms with E-state index >= 15 is 0 Å². The molecule has 0 radical (unpaired) electrons. The van der Waals surface area contributed by atoms with Crippen LogP contribution in [-0.2, 0) is 0 Å². The molecule has 2 N–H and O–H groups in total. The summed E-state index contributed by atoms with van der Waals surface area (Å²) in [5, 5.41) is 0.690. The first kappa shape index (κ1) is 12.6. The second-order valence-corrected chi connectivity index (χ2v) is 4.59. The van der Waals surface area contributed by atoms with E-state index in [1.165, 1.54) is 0 Å². The van der Waals surface area contributed by atoms with E-state index in [0.29, 0.717) is 22.5 Å².